The zero-order valence-electron chi connectivity index (χ0n) is 14.7. The van der Waals surface area contributed by atoms with Gasteiger partial charge in [-0.1, -0.05) is 12.8 Å². The first-order valence-corrected chi connectivity index (χ1v) is 8.49. The molecule has 0 aliphatic heterocycles. The second-order valence-corrected chi connectivity index (χ2v) is 6.93. The van der Waals surface area contributed by atoms with Crippen molar-refractivity contribution in [3.63, 3.8) is 0 Å². The molecule has 0 atom stereocenters. The number of aliphatic carboxylic acids is 1. The number of hydrogen-bond donors (Lipinski definition) is 2. The summed E-state index contributed by atoms with van der Waals surface area (Å²) in [6.45, 7) is 6.30. The summed E-state index contributed by atoms with van der Waals surface area (Å²) in [6, 6.07) is 0. The van der Waals surface area contributed by atoms with E-state index >= 15 is 0 Å². The summed E-state index contributed by atoms with van der Waals surface area (Å²) in [6.07, 6.45) is 7.59. The van der Waals surface area contributed by atoms with Crippen molar-refractivity contribution in [2.45, 2.75) is 58.4 Å². The van der Waals surface area contributed by atoms with Gasteiger partial charge in [-0.2, -0.15) is 5.10 Å². The second-order valence-electron chi connectivity index (χ2n) is 6.93. The third kappa shape index (κ3) is 3.77. The van der Waals surface area contributed by atoms with Gasteiger partial charge in [0.2, 0.25) is 5.91 Å². The molecule has 2 N–H and O–H groups in total. The van der Waals surface area contributed by atoms with Gasteiger partial charge in [-0.3, -0.25) is 9.48 Å². The molecule has 134 valence electrons. The minimum Gasteiger partial charge on any atom is -0.479 e. The number of carboxylic acids is 1. The highest BCUT2D eigenvalue weighted by molar-refractivity contribution is 5.95. The van der Waals surface area contributed by atoms with Crippen LogP contribution in [0.1, 0.15) is 52.9 Å². The first kappa shape index (κ1) is 18.4. The maximum atomic E-state index is 12.8. The number of anilines is 1. The molecule has 2 rings (SSSR count). The van der Waals surface area contributed by atoms with Crippen molar-refractivity contribution in [3.05, 3.63) is 12.4 Å². The van der Waals surface area contributed by atoms with E-state index in [1.54, 1.807) is 20.0 Å². The number of aromatic nitrogens is 2. The first-order valence-electron chi connectivity index (χ1n) is 8.49. The predicted octanol–water partition coefficient (Wildman–Crippen LogP) is 2.63. The Balaban J connectivity index is 2.08. The predicted molar refractivity (Wildman–Crippen MR) is 89.8 cm³/mol. The molecule has 0 radical (unpaired) electrons. The monoisotopic (exact) mass is 337 g/mol. The molecule has 1 aliphatic rings. The summed E-state index contributed by atoms with van der Waals surface area (Å²) in [4.78, 5) is 24.1. The lowest BCUT2D eigenvalue weighted by molar-refractivity contribution is -0.146. The van der Waals surface area contributed by atoms with Crippen LogP contribution in [-0.2, 0) is 19.9 Å². The van der Waals surface area contributed by atoms with E-state index in [2.05, 4.69) is 10.4 Å². The molecule has 1 saturated carbocycles. The van der Waals surface area contributed by atoms with Gasteiger partial charge < -0.3 is 15.2 Å². The largest absolute Gasteiger partial charge is 0.479 e. The van der Waals surface area contributed by atoms with Crippen LogP contribution in [0.15, 0.2) is 12.4 Å². The Morgan fingerprint density at radius 3 is 2.67 bits per heavy atom. The summed E-state index contributed by atoms with van der Waals surface area (Å²) < 4.78 is 6.79. The van der Waals surface area contributed by atoms with Gasteiger partial charge in [0.1, 0.15) is 0 Å². The number of carboxylic acid groups (broad SMARTS) is 1. The van der Waals surface area contributed by atoms with E-state index in [0.717, 1.165) is 25.7 Å². The number of hydrogen-bond acceptors (Lipinski definition) is 4. The SMILES string of the molecule is CCOCCC1(C(=O)Nc2cnn(C(C)(C)C(=O)O)c2)CCCC1. The highest BCUT2D eigenvalue weighted by Crippen LogP contribution is 2.42. The second kappa shape index (κ2) is 7.34. The van der Waals surface area contributed by atoms with E-state index in [0.29, 0.717) is 25.3 Å². The molecule has 24 heavy (non-hydrogen) atoms. The topological polar surface area (TPSA) is 93.5 Å². The Hall–Kier alpha value is -1.89. The number of rotatable bonds is 8. The van der Waals surface area contributed by atoms with E-state index in [1.165, 1.54) is 10.9 Å². The number of nitrogens with one attached hydrogen (secondary N) is 1. The molecule has 1 amide bonds. The van der Waals surface area contributed by atoms with Crippen molar-refractivity contribution >= 4 is 17.6 Å². The minimum atomic E-state index is -1.16. The molecule has 1 aliphatic carbocycles. The lowest BCUT2D eigenvalue weighted by Gasteiger charge is -2.27. The molecular weight excluding hydrogens is 310 g/mol. The third-order valence-corrected chi connectivity index (χ3v) is 4.91. The Labute approximate surface area is 142 Å². The van der Waals surface area contributed by atoms with Crippen molar-refractivity contribution in [2.75, 3.05) is 18.5 Å². The van der Waals surface area contributed by atoms with E-state index in [4.69, 9.17) is 4.74 Å². The molecule has 0 unspecified atom stereocenters. The van der Waals surface area contributed by atoms with Crippen molar-refractivity contribution in [1.82, 2.24) is 9.78 Å². The van der Waals surface area contributed by atoms with Crippen LogP contribution in [-0.4, -0.2) is 40.0 Å². The number of amides is 1. The highest BCUT2D eigenvalue weighted by Gasteiger charge is 2.41. The fourth-order valence-corrected chi connectivity index (χ4v) is 3.11. The standard InChI is InChI=1S/C17H27N3O4/c1-4-24-10-9-17(7-5-6-8-17)14(21)19-13-11-18-20(12-13)16(2,3)15(22)23/h11-12H,4-10H2,1-3H3,(H,19,21)(H,22,23). The summed E-state index contributed by atoms with van der Waals surface area (Å²) in [5.41, 5.74) is -1.03. The Morgan fingerprint density at radius 1 is 1.42 bits per heavy atom. The molecule has 1 aromatic rings. The van der Waals surface area contributed by atoms with Gasteiger partial charge in [-0.15, -0.1) is 0 Å². The van der Waals surface area contributed by atoms with Crippen molar-refractivity contribution in [3.8, 4) is 0 Å². The molecule has 0 bridgehead atoms. The molecule has 0 spiro atoms. The van der Waals surface area contributed by atoms with Crippen LogP contribution in [0.5, 0.6) is 0 Å². The van der Waals surface area contributed by atoms with Gasteiger partial charge in [0, 0.05) is 19.4 Å². The van der Waals surface area contributed by atoms with Gasteiger partial charge in [-0.05, 0) is 40.0 Å². The maximum Gasteiger partial charge on any atom is 0.331 e. The first-order chi connectivity index (χ1) is 11.3. The van der Waals surface area contributed by atoms with Crippen LogP contribution in [0.4, 0.5) is 5.69 Å². The lowest BCUT2D eigenvalue weighted by atomic mass is 9.82. The third-order valence-electron chi connectivity index (χ3n) is 4.91. The molecule has 1 heterocycles. The average molecular weight is 337 g/mol. The fraction of sp³-hybridized carbons (Fsp3) is 0.706. The van der Waals surface area contributed by atoms with Gasteiger partial charge in [0.05, 0.1) is 17.3 Å². The highest BCUT2D eigenvalue weighted by atomic mass is 16.5. The summed E-state index contributed by atoms with van der Waals surface area (Å²) in [5, 5.41) is 16.3. The van der Waals surface area contributed by atoms with Crippen LogP contribution in [0, 0.1) is 5.41 Å². The number of nitrogens with zero attached hydrogens (tertiary/aromatic N) is 2. The maximum absolute atomic E-state index is 12.8. The van der Waals surface area contributed by atoms with Crippen LogP contribution in [0.25, 0.3) is 0 Å². The number of ether oxygens (including phenoxy) is 1. The number of carbonyl (C=O) groups excluding carboxylic acids is 1. The molecule has 1 fully saturated rings. The average Bonchev–Trinajstić information content (AvgIpc) is 3.17. The summed E-state index contributed by atoms with van der Waals surface area (Å²) in [5.74, 6) is -1.00. The molecule has 1 aromatic heterocycles. The van der Waals surface area contributed by atoms with Gasteiger partial charge in [0.15, 0.2) is 5.54 Å². The summed E-state index contributed by atoms with van der Waals surface area (Å²) in [7, 11) is 0. The van der Waals surface area contributed by atoms with Crippen LogP contribution in [0.2, 0.25) is 0 Å². The zero-order chi connectivity index (χ0) is 17.8. The molecule has 7 heteroatoms. The minimum absolute atomic E-state index is 0.0209. The van der Waals surface area contributed by atoms with E-state index < -0.39 is 11.5 Å². The lowest BCUT2D eigenvalue weighted by Crippen LogP contribution is -2.36. The summed E-state index contributed by atoms with van der Waals surface area (Å²) >= 11 is 0. The molecule has 0 aromatic carbocycles. The van der Waals surface area contributed by atoms with Crippen molar-refractivity contribution in [2.24, 2.45) is 5.41 Å². The van der Waals surface area contributed by atoms with Gasteiger partial charge >= 0.3 is 5.97 Å². The fourth-order valence-electron chi connectivity index (χ4n) is 3.11. The smallest absolute Gasteiger partial charge is 0.331 e. The van der Waals surface area contributed by atoms with Crippen molar-refractivity contribution < 1.29 is 19.4 Å². The van der Waals surface area contributed by atoms with E-state index in [-0.39, 0.29) is 11.3 Å². The normalized spacial score (nSPS) is 17.0. The molecule has 7 nitrogen and oxygen atoms in total. The van der Waals surface area contributed by atoms with E-state index in [1.807, 2.05) is 6.92 Å². The van der Waals surface area contributed by atoms with Crippen LogP contribution in [0.3, 0.4) is 0 Å². The Kier molecular flexibility index (Phi) is 5.64. The van der Waals surface area contributed by atoms with Gasteiger partial charge in [0.25, 0.3) is 0 Å². The number of carbonyl (C=O) groups is 2. The molecular formula is C17H27N3O4. The van der Waals surface area contributed by atoms with Gasteiger partial charge in [-0.25, -0.2) is 4.79 Å². The Morgan fingerprint density at radius 2 is 2.08 bits per heavy atom. The van der Waals surface area contributed by atoms with E-state index in [9.17, 15) is 14.7 Å². The van der Waals surface area contributed by atoms with Crippen LogP contribution >= 0.6 is 0 Å². The molecule has 0 saturated heterocycles. The zero-order valence-corrected chi connectivity index (χ0v) is 14.7. The Bertz CT molecular complexity index is 588. The van der Waals surface area contributed by atoms with Crippen LogP contribution < -0.4 is 5.32 Å². The van der Waals surface area contributed by atoms with Crippen molar-refractivity contribution in [1.29, 1.82) is 0 Å². The quantitative estimate of drug-likeness (QED) is 0.711.